The fraction of sp³-hybridized carbons (Fsp3) is 0.800. The van der Waals surface area contributed by atoms with Gasteiger partial charge in [0.1, 0.15) is 0 Å². The van der Waals surface area contributed by atoms with Gasteiger partial charge in [0, 0.05) is 19.5 Å². The van der Waals surface area contributed by atoms with Gasteiger partial charge in [-0.3, -0.25) is 4.79 Å². The van der Waals surface area contributed by atoms with Gasteiger partial charge in [-0.15, -0.1) is 0 Å². The summed E-state index contributed by atoms with van der Waals surface area (Å²) in [7, 11) is -3.40. The Morgan fingerprint density at radius 3 is 2.79 bits per heavy atom. The van der Waals surface area contributed by atoms with Crippen LogP contribution >= 0.6 is 0 Å². The summed E-state index contributed by atoms with van der Waals surface area (Å²) in [5.41, 5.74) is -0.957. The zero-order chi connectivity index (χ0) is 18.0. The molecule has 0 aromatic carbocycles. The van der Waals surface area contributed by atoms with Gasteiger partial charge in [-0.25, -0.2) is 13.1 Å². The number of amides is 1. The second-order valence-corrected chi connectivity index (χ2v) is 8.63. The second kappa shape index (κ2) is 7.18. The first-order valence-corrected chi connectivity index (χ1v) is 10.1. The predicted octanol–water partition coefficient (Wildman–Crippen LogP) is 1.36. The summed E-state index contributed by atoms with van der Waals surface area (Å²) in [6.45, 7) is 6.68. The highest BCUT2D eigenvalue weighted by atomic mass is 32.2. The molecule has 8 nitrogen and oxygen atoms in total. The zero-order valence-electron chi connectivity index (χ0n) is 14.7. The van der Waals surface area contributed by atoms with Gasteiger partial charge in [-0.05, 0) is 33.1 Å². The van der Waals surface area contributed by atoms with Crippen molar-refractivity contribution in [2.45, 2.75) is 57.9 Å². The van der Waals surface area contributed by atoms with Gasteiger partial charge in [0.25, 0.3) is 0 Å². The molecule has 1 aromatic heterocycles. The number of carbonyl (C=O) groups excluding carboxylic acids is 1. The number of aromatic nitrogens is 2. The normalized spacial score (nSPS) is 19.5. The second-order valence-electron chi connectivity index (χ2n) is 6.88. The third-order valence-electron chi connectivity index (χ3n) is 4.03. The third kappa shape index (κ3) is 4.76. The average molecular weight is 358 g/mol. The van der Waals surface area contributed by atoms with Gasteiger partial charge in [-0.1, -0.05) is 12.1 Å². The monoisotopic (exact) mass is 358 g/mol. The molecule has 1 fully saturated rings. The Labute approximate surface area is 143 Å². The topological polar surface area (TPSA) is 105 Å². The Bertz CT molecular complexity index is 683. The van der Waals surface area contributed by atoms with Gasteiger partial charge < -0.3 is 9.42 Å². The number of hydrogen-bond donors (Lipinski definition) is 1. The molecule has 1 saturated heterocycles. The van der Waals surface area contributed by atoms with Crippen LogP contribution in [0.4, 0.5) is 0 Å². The van der Waals surface area contributed by atoms with E-state index in [0.29, 0.717) is 24.7 Å². The van der Waals surface area contributed by atoms with Crippen molar-refractivity contribution in [1.29, 1.82) is 0 Å². The lowest BCUT2D eigenvalue weighted by atomic mass is 9.97. The van der Waals surface area contributed by atoms with Crippen LogP contribution in [0.5, 0.6) is 0 Å². The summed E-state index contributed by atoms with van der Waals surface area (Å²) in [6, 6.07) is 0. The van der Waals surface area contributed by atoms with E-state index in [1.54, 1.807) is 13.8 Å². The zero-order valence-corrected chi connectivity index (χ0v) is 15.5. The van der Waals surface area contributed by atoms with Crippen molar-refractivity contribution >= 4 is 15.9 Å². The SMILES string of the molecule is CCCC(=O)N1CCCC(c2nc(C(C)(C)NS(C)(=O)=O)no2)C1. The molecule has 2 rings (SSSR count). The Balaban J connectivity index is 2.11. The molecule has 9 heteroatoms. The first-order valence-electron chi connectivity index (χ1n) is 8.23. The fourth-order valence-corrected chi connectivity index (χ4v) is 3.96. The minimum Gasteiger partial charge on any atom is -0.342 e. The van der Waals surface area contributed by atoms with E-state index in [4.69, 9.17) is 4.52 Å². The summed E-state index contributed by atoms with van der Waals surface area (Å²) in [5.74, 6) is 0.901. The van der Waals surface area contributed by atoms with Crippen LogP contribution in [0.1, 0.15) is 64.1 Å². The minimum absolute atomic E-state index is 0.00478. The van der Waals surface area contributed by atoms with E-state index in [1.807, 2.05) is 11.8 Å². The lowest BCUT2D eigenvalue weighted by Gasteiger charge is -2.31. The van der Waals surface area contributed by atoms with Crippen LogP contribution in [-0.2, 0) is 20.4 Å². The summed E-state index contributed by atoms with van der Waals surface area (Å²) >= 11 is 0. The molecule has 1 unspecified atom stereocenters. The first-order chi connectivity index (χ1) is 11.1. The van der Waals surface area contributed by atoms with Crippen molar-refractivity contribution in [1.82, 2.24) is 19.8 Å². The molecule has 0 radical (unpaired) electrons. The molecule has 1 atom stereocenters. The number of likely N-dealkylation sites (tertiary alicyclic amines) is 1. The molecule has 136 valence electrons. The number of hydrogen-bond acceptors (Lipinski definition) is 6. The fourth-order valence-electron chi connectivity index (χ4n) is 2.94. The maximum absolute atomic E-state index is 12.1. The molecule has 2 heterocycles. The first kappa shape index (κ1) is 18.9. The molecular formula is C15H26N4O4S. The summed E-state index contributed by atoms with van der Waals surface area (Å²) in [6.07, 6.45) is 4.23. The number of piperidine rings is 1. The third-order valence-corrected chi connectivity index (χ3v) is 4.91. The molecule has 1 aromatic rings. The van der Waals surface area contributed by atoms with Crippen molar-refractivity contribution in [3.8, 4) is 0 Å². The van der Waals surface area contributed by atoms with E-state index < -0.39 is 15.6 Å². The highest BCUT2D eigenvalue weighted by Gasteiger charge is 2.33. The van der Waals surface area contributed by atoms with Crippen molar-refractivity contribution in [2.24, 2.45) is 0 Å². The van der Waals surface area contributed by atoms with Crippen molar-refractivity contribution < 1.29 is 17.7 Å². The van der Waals surface area contributed by atoms with Gasteiger partial charge in [-0.2, -0.15) is 4.98 Å². The van der Waals surface area contributed by atoms with E-state index >= 15 is 0 Å². The van der Waals surface area contributed by atoms with Gasteiger partial charge >= 0.3 is 0 Å². The number of nitrogens with one attached hydrogen (secondary N) is 1. The lowest BCUT2D eigenvalue weighted by Crippen LogP contribution is -2.41. The average Bonchev–Trinajstić information content (AvgIpc) is 2.96. The molecule has 1 N–H and O–H groups in total. The quantitative estimate of drug-likeness (QED) is 0.823. The highest BCUT2D eigenvalue weighted by molar-refractivity contribution is 7.88. The van der Waals surface area contributed by atoms with Crippen molar-refractivity contribution in [3.05, 3.63) is 11.7 Å². The van der Waals surface area contributed by atoms with E-state index in [2.05, 4.69) is 14.9 Å². The highest BCUT2D eigenvalue weighted by Crippen LogP contribution is 2.28. The van der Waals surface area contributed by atoms with E-state index in [9.17, 15) is 13.2 Å². The smallest absolute Gasteiger partial charge is 0.231 e. The minimum atomic E-state index is -3.40. The molecule has 0 saturated carbocycles. The molecule has 1 aliphatic heterocycles. The van der Waals surface area contributed by atoms with Crippen LogP contribution in [-0.4, -0.2) is 48.7 Å². The number of nitrogens with zero attached hydrogens (tertiary/aromatic N) is 3. The van der Waals surface area contributed by atoms with E-state index in [0.717, 1.165) is 32.1 Å². The van der Waals surface area contributed by atoms with Crippen LogP contribution in [0.25, 0.3) is 0 Å². The van der Waals surface area contributed by atoms with Crippen LogP contribution in [0.2, 0.25) is 0 Å². The predicted molar refractivity (Wildman–Crippen MR) is 88.8 cm³/mol. The molecular weight excluding hydrogens is 332 g/mol. The Morgan fingerprint density at radius 1 is 1.46 bits per heavy atom. The van der Waals surface area contributed by atoms with Crippen LogP contribution in [0, 0.1) is 0 Å². The molecule has 0 aliphatic carbocycles. The Hall–Kier alpha value is -1.48. The van der Waals surface area contributed by atoms with Crippen LogP contribution < -0.4 is 4.72 Å². The Morgan fingerprint density at radius 2 is 2.17 bits per heavy atom. The van der Waals surface area contributed by atoms with Gasteiger partial charge in [0.2, 0.25) is 21.8 Å². The molecule has 1 aliphatic rings. The summed E-state index contributed by atoms with van der Waals surface area (Å²) < 4.78 is 30.8. The maximum Gasteiger partial charge on any atom is 0.231 e. The summed E-state index contributed by atoms with van der Waals surface area (Å²) in [4.78, 5) is 18.3. The molecule has 24 heavy (non-hydrogen) atoms. The summed E-state index contributed by atoms with van der Waals surface area (Å²) in [5, 5.41) is 3.94. The van der Waals surface area contributed by atoms with Crippen LogP contribution in [0.15, 0.2) is 4.52 Å². The van der Waals surface area contributed by atoms with Crippen LogP contribution in [0.3, 0.4) is 0 Å². The molecule has 1 amide bonds. The number of carbonyl (C=O) groups is 1. The van der Waals surface area contributed by atoms with Gasteiger partial charge in [0.05, 0.1) is 17.7 Å². The Kier molecular flexibility index (Phi) is 5.64. The van der Waals surface area contributed by atoms with Crippen molar-refractivity contribution in [3.63, 3.8) is 0 Å². The van der Waals surface area contributed by atoms with E-state index in [-0.39, 0.29) is 11.8 Å². The number of rotatable bonds is 6. The maximum atomic E-state index is 12.1. The largest absolute Gasteiger partial charge is 0.342 e. The lowest BCUT2D eigenvalue weighted by molar-refractivity contribution is -0.132. The molecule has 0 spiro atoms. The van der Waals surface area contributed by atoms with Crippen molar-refractivity contribution in [2.75, 3.05) is 19.3 Å². The standard InChI is InChI=1S/C15H26N4O4S/c1-5-7-12(20)19-9-6-8-11(10-19)13-16-14(17-23-13)15(2,3)18-24(4,21)22/h11,18H,5-10H2,1-4H3. The van der Waals surface area contributed by atoms with Gasteiger partial charge in [0.15, 0.2) is 5.82 Å². The number of sulfonamides is 1. The molecule has 0 bridgehead atoms. The van der Waals surface area contributed by atoms with E-state index in [1.165, 1.54) is 0 Å².